The molecule has 4 nitrogen and oxygen atoms in total. The highest BCUT2D eigenvalue weighted by molar-refractivity contribution is 5.90. The minimum atomic E-state index is 0. The third kappa shape index (κ3) is 6.07. The van der Waals surface area contributed by atoms with E-state index in [4.69, 9.17) is 4.74 Å². The molecule has 2 aromatic carbocycles. The van der Waals surface area contributed by atoms with E-state index < -0.39 is 0 Å². The summed E-state index contributed by atoms with van der Waals surface area (Å²) in [5.41, 5.74) is 2.01. The number of nitrogens with one attached hydrogen (secondary N) is 2. The van der Waals surface area contributed by atoms with E-state index in [-0.39, 0.29) is 18.3 Å². The highest BCUT2D eigenvalue weighted by Crippen LogP contribution is 2.23. The standard InChI is InChI=1S/C20H24N2O2.ClH/c1-15-2-7-18(8-3-15)24-19-9-5-17(6-10-19)22-20(23)11-4-16-12-13-21-14-16;/h2-3,5-10,16,21H,4,11-14H2,1H3,(H,22,23);1H. The molecule has 0 aromatic heterocycles. The van der Waals surface area contributed by atoms with Crippen LogP contribution in [0.1, 0.15) is 24.8 Å². The summed E-state index contributed by atoms with van der Waals surface area (Å²) in [5, 5.41) is 6.28. The molecular weight excluding hydrogens is 336 g/mol. The monoisotopic (exact) mass is 360 g/mol. The van der Waals surface area contributed by atoms with Crippen LogP contribution < -0.4 is 15.4 Å². The van der Waals surface area contributed by atoms with Crippen molar-refractivity contribution in [2.75, 3.05) is 18.4 Å². The molecule has 134 valence electrons. The number of ether oxygens (including phenoxy) is 1. The second-order valence-corrected chi connectivity index (χ2v) is 6.39. The van der Waals surface area contributed by atoms with E-state index in [9.17, 15) is 4.79 Å². The molecule has 1 atom stereocenters. The molecule has 2 N–H and O–H groups in total. The second kappa shape index (κ2) is 9.44. The van der Waals surface area contributed by atoms with Crippen LogP contribution in [0, 0.1) is 12.8 Å². The zero-order valence-corrected chi connectivity index (χ0v) is 15.3. The van der Waals surface area contributed by atoms with Gasteiger partial charge in [-0.2, -0.15) is 0 Å². The number of amides is 1. The Labute approximate surface area is 155 Å². The largest absolute Gasteiger partial charge is 0.457 e. The normalized spacial score (nSPS) is 16.1. The average Bonchev–Trinajstić information content (AvgIpc) is 3.10. The summed E-state index contributed by atoms with van der Waals surface area (Å²) in [6.45, 7) is 4.16. The molecule has 5 heteroatoms. The number of benzene rings is 2. The van der Waals surface area contributed by atoms with E-state index in [0.717, 1.165) is 36.7 Å². The van der Waals surface area contributed by atoms with Crippen molar-refractivity contribution >= 4 is 24.0 Å². The van der Waals surface area contributed by atoms with Crippen molar-refractivity contribution in [3.63, 3.8) is 0 Å². The molecule has 0 aliphatic carbocycles. The van der Waals surface area contributed by atoms with Gasteiger partial charge in [-0.25, -0.2) is 0 Å². The van der Waals surface area contributed by atoms with E-state index in [0.29, 0.717) is 12.3 Å². The molecule has 0 saturated carbocycles. The summed E-state index contributed by atoms with van der Waals surface area (Å²) < 4.78 is 5.79. The summed E-state index contributed by atoms with van der Waals surface area (Å²) >= 11 is 0. The number of carbonyl (C=O) groups is 1. The van der Waals surface area contributed by atoms with Crippen LogP contribution in [-0.2, 0) is 4.79 Å². The summed E-state index contributed by atoms with van der Waals surface area (Å²) in [4.78, 5) is 12.0. The minimum absolute atomic E-state index is 0. The first-order chi connectivity index (χ1) is 11.7. The number of halogens is 1. The van der Waals surface area contributed by atoms with Crippen molar-refractivity contribution in [1.29, 1.82) is 0 Å². The fraction of sp³-hybridized carbons (Fsp3) is 0.350. The Balaban J connectivity index is 0.00000225. The van der Waals surface area contributed by atoms with Crippen molar-refractivity contribution in [3.8, 4) is 11.5 Å². The van der Waals surface area contributed by atoms with Crippen LogP contribution >= 0.6 is 12.4 Å². The van der Waals surface area contributed by atoms with Gasteiger partial charge in [-0.15, -0.1) is 12.4 Å². The first kappa shape index (κ1) is 19.3. The maximum atomic E-state index is 12.0. The van der Waals surface area contributed by atoms with Crippen LogP contribution in [0.2, 0.25) is 0 Å². The second-order valence-electron chi connectivity index (χ2n) is 6.39. The number of anilines is 1. The van der Waals surface area contributed by atoms with E-state index in [2.05, 4.69) is 10.6 Å². The third-order valence-corrected chi connectivity index (χ3v) is 4.34. The fourth-order valence-electron chi connectivity index (χ4n) is 2.87. The van der Waals surface area contributed by atoms with E-state index >= 15 is 0 Å². The predicted octanol–water partition coefficient (Wildman–Crippen LogP) is 4.54. The van der Waals surface area contributed by atoms with Gasteiger partial charge in [-0.05, 0) is 75.2 Å². The van der Waals surface area contributed by atoms with Gasteiger partial charge in [-0.1, -0.05) is 17.7 Å². The maximum Gasteiger partial charge on any atom is 0.224 e. The topological polar surface area (TPSA) is 50.4 Å². The lowest BCUT2D eigenvalue weighted by atomic mass is 10.0. The van der Waals surface area contributed by atoms with Crippen LogP contribution in [0.4, 0.5) is 5.69 Å². The fourth-order valence-corrected chi connectivity index (χ4v) is 2.87. The smallest absolute Gasteiger partial charge is 0.224 e. The molecule has 0 bridgehead atoms. The molecule has 1 aliphatic heterocycles. The Hall–Kier alpha value is -2.04. The number of rotatable bonds is 6. The Bertz CT molecular complexity index is 665. The van der Waals surface area contributed by atoms with E-state index in [1.807, 2.05) is 55.5 Å². The summed E-state index contributed by atoms with van der Waals surface area (Å²) in [6.07, 6.45) is 2.71. The summed E-state index contributed by atoms with van der Waals surface area (Å²) in [6, 6.07) is 15.4. The van der Waals surface area contributed by atoms with Crippen LogP contribution in [0.3, 0.4) is 0 Å². The van der Waals surface area contributed by atoms with E-state index in [1.165, 1.54) is 12.0 Å². The number of hydrogen-bond acceptors (Lipinski definition) is 3. The van der Waals surface area contributed by atoms with E-state index in [1.54, 1.807) is 0 Å². The molecule has 2 aromatic rings. The van der Waals surface area contributed by atoms with Gasteiger partial charge < -0.3 is 15.4 Å². The third-order valence-electron chi connectivity index (χ3n) is 4.34. The number of aryl methyl sites for hydroxylation is 1. The highest BCUT2D eigenvalue weighted by Gasteiger charge is 2.15. The molecular formula is C20H25ClN2O2. The van der Waals surface area contributed by atoms with Gasteiger partial charge in [0.2, 0.25) is 5.91 Å². The Morgan fingerprint density at radius 2 is 1.76 bits per heavy atom. The van der Waals surface area contributed by atoms with Gasteiger partial charge in [0, 0.05) is 12.1 Å². The number of carbonyl (C=O) groups excluding carboxylic acids is 1. The van der Waals surface area contributed by atoms with Crippen LogP contribution in [0.15, 0.2) is 48.5 Å². The van der Waals surface area contributed by atoms with Crippen molar-refractivity contribution < 1.29 is 9.53 Å². The molecule has 1 unspecified atom stereocenters. The molecule has 1 aliphatic rings. The molecule has 0 radical (unpaired) electrons. The lowest BCUT2D eigenvalue weighted by Gasteiger charge is -2.10. The SMILES string of the molecule is Cc1ccc(Oc2ccc(NC(=O)CCC3CCNC3)cc2)cc1.Cl. The van der Waals surface area contributed by atoms with Crippen molar-refractivity contribution in [2.45, 2.75) is 26.2 Å². The average molecular weight is 361 g/mol. The van der Waals surface area contributed by atoms with Gasteiger partial charge in [0.15, 0.2) is 0 Å². The molecule has 25 heavy (non-hydrogen) atoms. The van der Waals surface area contributed by atoms with Crippen molar-refractivity contribution in [1.82, 2.24) is 5.32 Å². The summed E-state index contributed by atoms with van der Waals surface area (Å²) in [7, 11) is 0. The molecule has 1 amide bonds. The molecule has 1 heterocycles. The molecule has 1 saturated heterocycles. The quantitative estimate of drug-likeness (QED) is 0.795. The van der Waals surface area contributed by atoms with Gasteiger partial charge in [0.1, 0.15) is 11.5 Å². The Morgan fingerprint density at radius 1 is 1.12 bits per heavy atom. The first-order valence-corrected chi connectivity index (χ1v) is 8.54. The maximum absolute atomic E-state index is 12.0. The Kier molecular flexibility index (Phi) is 7.29. The zero-order valence-electron chi connectivity index (χ0n) is 14.5. The highest BCUT2D eigenvalue weighted by atomic mass is 35.5. The predicted molar refractivity (Wildman–Crippen MR) is 104 cm³/mol. The lowest BCUT2D eigenvalue weighted by molar-refractivity contribution is -0.116. The Morgan fingerprint density at radius 3 is 2.36 bits per heavy atom. The van der Waals surface area contributed by atoms with Gasteiger partial charge >= 0.3 is 0 Å². The minimum Gasteiger partial charge on any atom is -0.457 e. The van der Waals surface area contributed by atoms with Crippen molar-refractivity contribution in [3.05, 3.63) is 54.1 Å². The zero-order chi connectivity index (χ0) is 16.8. The molecule has 1 fully saturated rings. The first-order valence-electron chi connectivity index (χ1n) is 8.54. The van der Waals surface area contributed by atoms with Gasteiger partial charge in [-0.3, -0.25) is 4.79 Å². The van der Waals surface area contributed by atoms with Gasteiger partial charge in [0.25, 0.3) is 0 Å². The lowest BCUT2D eigenvalue weighted by Crippen LogP contribution is -2.14. The van der Waals surface area contributed by atoms with Crippen LogP contribution in [0.5, 0.6) is 11.5 Å². The van der Waals surface area contributed by atoms with Crippen molar-refractivity contribution in [2.24, 2.45) is 5.92 Å². The van der Waals surface area contributed by atoms with Gasteiger partial charge in [0.05, 0.1) is 0 Å². The van der Waals surface area contributed by atoms with Crippen LogP contribution in [0.25, 0.3) is 0 Å². The molecule has 3 rings (SSSR count). The number of hydrogen-bond donors (Lipinski definition) is 2. The molecule has 0 spiro atoms. The summed E-state index contributed by atoms with van der Waals surface area (Å²) in [5.74, 6) is 2.28. The van der Waals surface area contributed by atoms with Crippen LogP contribution in [-0.4, -0.2) is 19.0 Å².